The van der Waals surface area contributed by atoms with E-state index in [9.17, 15) is 0 Å². The van der Waals surface area contributed by atoms with E-state index in [1.54, 1.807) is 12.3 Å². The molecule has 3 N–H and O–H groups in total. The van der Waals surface area contributed by atoms with E-state index < -0.39 is 0 Å². The fourth-order valence-corrected chi connectivity index (χ4v) is 1.99. The highest BCUT2D eigenvalue weighted by molar-refractivity contribution is 5.46. The Bertz CT molecular complexity index is 592. The minimum atomic E-state index is 0.506. The Morgan fingerprint density at radius 2 is 2.21 bits per heavy atom. The van der Waals surface area contributed by atoms with Crippen LogP contribution >= 0.6 is 0 Å². The maximum absolute atomic E-state index is 5.82. The van der Waals surface area contributed by atoms with Gasteiger partial charge in [0.2, 0.25) is 0 Å². The average Bonchev–Trinajstić information content (AvgIpc) is 3.21. The quantitative estimate of drug-likeness (QED) is 0.876. The third kappa shape index (κ3) is 2.81. The average molecular weight is 255 g/mol. The number of nitrogens with two attached hydrogens (primary N) is 1. The van der Waals surface area contributed by atoms with Gasteiger partial charge in [0.05, 0.1) is 0 Å². The van der Waals surface area contributed by atoms with E-state index in [4.69, 9.17) is 5.73 Å². The second-order valence-corrected chi connectivity index (χ2v) is 4.97. The Labute approximate surface area is 112 Å². The first-order chi connectivity index (χ1) is 9.22. The molecule has 5 heteroatoms. The molecule has 2 aromatic heterocycles. The van der Waals surface area contributed by atoms with E-state index in [1.165, 1.54) is 24.0 Å². The molecule has 1 aliphatic carbocycles. The molecule has 1 fully saturated rings. The number of nitrogen functional groups attached to an aromatic ring is 1. The molecule has 0 spiro atoms. The van der Waals surface area contributed by atoms with Crippen LogP contribution in [-0.4, -0.2) is 15.0 Å². The molecule has 0 bridgehead atoms. The van der Waals surface area contributed by atoms with Crippen molar-refractivity contribution in [1.82, 2.24) is 15.0 Å². The van der Waals surface area contributed by atoms with Crippen LogP contribution in [0.1, 0.15) is 35.7 Å². The Hall–Kier alpha value is -2.17. The summed E-state index contributed by atoms with van der Waals surface area (Å²) in [5.41, 5.74) is 8.20. The van der Waals surface area contributed by atoms with Crippen molar-refractivity contribution >= 4 is 11.6 Å². The van der Waals surface area contributed by atoms with Gasteiger partial charge in [-0.05, 0) is 37.0 Å². The zero-order chi connectivity index (χ0) is 13.2. The van der Waals surface area contributed by atoms with Crippen molar-refractivity contribution in [3.05, 3.63) is 41.5 Å². The van der Waals surface area contributed by atoms with Crippen LogP contribution in [0.15, 0.2) is 24.5 Å². The van der Waals surface area contributed by atoms with Gasteiger partial charge in [-0.1, -0.05) is 0 Å². The van der Waals surface area contributed by atoms with Gasteiger partial charge in [-0.3, -0.25) is 4.98 Å². The lowest BCUT2D eigenvalue weighted by Gasteiger charge is -2.09. The van der Waals surface area contributed by atoms with Crippen LogP contribution in [0, 0.1) is 6.92 Å². The fourth-order valence-electron chi connectivity index (χ4n) is 1.99. The van der Waals surface area contributed by atoms with Gasteiger partial charge >= 0.3 is 0 Å². The van der Waals surface area contributed by atoms with Crippen LogP contribution in [0.4, 0.5) is 11.6 Å². The Balaban J connectivity index is 1.74. The summed E-state index contributed by atoms with van der Waals surface area (Å²) in [6.45, 7) is 2.77. The molecule has 0 saturated heterocycles. The lowest BCUT2D eigenvalue weighted by molar-refractivity contribution is 0.925. The molecule has 98 valence electrons. The zero-order valence-corrected chi connectivity index (χ0v) is 10.9. The topological polar surface area (TPSA) is 76.7 Å². The van der Waals surface area contributed by atoms with Gasteiger partial charge in [-0.15, -0.1) is 0 Å². The predicted octanol–water partition coefficient (Wildman–Crippen LogP) is 2.25. The van der Waals surface area contributed by atoms with Crippen molar-refractivity contribution < 1.29 is 0 Å². The largest absolute Gasteiger partial charge is 0.384 e. The lowest BCUT2D eigenvalue weighted by atomic mass is 10.1. The van der Waals surface area contributed by atoms with E-state index in [1.807, 2.05) is 19.2 Å². The molecule has 0 atom stereocenters. The van der Waals surface area contributed by atoms with Gasteiger partial charge in [0.1, 0.15) is 17.5 Å². The first kappa shape index (κ1) is 11.9. The smallest absolute Gasteiger partial charge is 0.136 e. The summed E-state index contributed by atoms with van der Waals surface area (Å²) in [6.07, 6.45) is 6.01. The molecule has 0 aromatic carbocycles. The molecule has 0 radical (unpaired) electrons. The van der Waals surface area contributed by atoms with E-state index in [0.717, 1.165) is 18.2 Å². The van der Waals surface area contributed by atoms with Gasteiger partial charge in [-0.2, -0.15) is 0 Å². The van der Waals surface area contributed by atoms with Gasteiger partial charge in [0.15, 0.2) is 0 Å². The molecule has 19 heavy (non-hydrogen) atoms. The number of nitrogens with zero attached hydrogens (tertiary/aromatic N) is 3. The predicted molar refractivity (Wildman–Crippen MR) is 74.7 cm³/mol. The molecule has 2 heterocycles. The van der Waals surface area contributed by atoms with Crippen molar-refractivity contribution in [2.45, 2.75) is 32.2 Å². The summed E-state index contributed by atoms with van der Waals surface area (Å²) in [7, 11) is 0. The summed E-state index contributed by atoms with van der Waals surface area (Å²) >= 11 is 0. The number of rotatable bonds is 4. The maximum Gasteiger partial charge on any atom is 0.136 e. The number of nitrogens with one attached hydrogen (secondary N) is 1. The van der Waals surface area contributed by atoms with Crippen molar-refractivity contribution in [1.29, 1.82) is 0 Å². The molecular weight excluding hydrogens is 238 g/mol. The number of aromatic nitrogens is 3. The van der Waals surface area contributed by atoms with Gasteiger partial charge in [-0.25, -0.2) is 9.97 Å². The fraction of sp³-hybridized carbons (Fsp3) is 0.357. The summed E-state index contributed by atoms with van der Waals surface area (Å²) in [4.78, 5) is 12.9. The molecule has 2 aromatic rings. The summed E-state index contributed by atoms with van der Waals surface area (Å²) < 4.78 is 0. The lowest BCUT2D eigenvalue weighted by Crippen LogP contribution is -2.07. The van der Waals surface area contributed by atoms with Gasteiger partial charge in [0.25, 0.3) is 0 Å². The Morgan fingerprint density at radius 3 is 2.95 bits per heavy atom. The molecule has 1 aliphatic rings. The van der Waals surface area contributed by atoms with Crippen LogP contribution in [0.3, 0.4) is 0 Å². The van der Waals surface area contributed by atoms with E-state index >= 15 is 0 Å². The summed E-state index contributed by atoms with van der Waals surface area (Å²) in [6, 6.07) is 3.79. The molecule has 1 saturated carbocycles. The van der Waals surface area contributed by atoms with Crippen molar-refractivity contribution in [2.75, 3.05) is 11.1 Å². The third-order valence-electron chi connectivity index (χ3n) is 3.30. The van der Waals surface area contributed by atoms with E-state index in [-0.39, 0.29) is 0 Å². The van der Waals surface area contributed by atoms with Crippen molar-refractivity contribution in [3.63, 3.8) is 0 Å². The van der Waals surface area contributed by atoms with Crippen LogP contribution in [0.5, 0.6) is 0 Å². The molecule has 3 rings (SSSR count). The number of hydrogen-bond donors (Lipinski definition) is 2. The zero-order valence-electron chi connectivity index (χ0n) is 10.9. The highest BCUT2D eigenvalue weighted by Crippen LogP contribution is 2.38. The molecule has 0 aliphatic heterocycles. The van der Waals surface area contributed by atoms with E-state index in [0.29, 0.717) is 11.7 Å². The van der Waals surface area contributed by atoms with E-state index in [2.05, 4.69) is 20.3 Å². The Morgan fingerprint density at radius 1 is 1.37 bits per heavy atom. The van der Waals surface area contributed by atoms with Crippen LogP contribution in [0.2, 0.25) is 0 Å². The van der Waals surface area contributed by atoms with Crippen LogP contribution < -0.4 is 11.1 Å². The highest BCUT2D eigenvalue weighted by atomic mass is 15.1. The monoisotopic (exact) mass is 255 g/mol. The second-order valence-electron chi connectivity index (χ2n) is 4.97. The number of pyridine rings is 1. The third-order valence-corrected chi connectivity index (χ3v) is 3.30. The van der Waals surface area contributed by atoms with Gasteiger partial charge < -0.3 is 11.1 Å². The van der Waals surface area contributed by atoms with Crippen LogP contribution in [0.25, 0.3) is 0 Å². The van der Waals surface area contributed by atoms with Gasteiger partial charge in [0, 0.05) is 30.9 Å². The van der Waals surface area contributed by atoms with Crippen LogP contribution in [-0.2, 0) is 6.54 Å². The number of hydrogen-bond acceptors (Lipinski definition) is 5. The number of anilines is 2. The molecule has 0 unspecified atom stereocenters. The second kappa shape index (κ2) is 4.84. The minimum Gasteiger partial charge on any atom is -0.384 e. The minimum absolute atomic E-state index is 0.506. The summed E-state index contributed by atoms with van der Waals surface area (Å²) in [5.74, 6) is 2.71. The molecule has 0 amide bonds. The van der Waals surface area contributed by atoms with Crippen molar-refractivity contribution in [3.8, 4) is 0 Å². The SMILES string of the molecule is Cc1cnccc1CNc1cc(N)nc(C2CC2)n1. The summed E-state index contributed by atoms with van der Waals surface area (Å²) in [5, 5.41) is 3.31. The normalized spacial score (nSPS) is 14.4. The Kier molecular flexibility index (Phi) is 3.03. The maximum atomic E-state index is 5.82. The first-order valence-electron chi connectivity index (χ1n) is 6.50. The van der Waals surface area contributed by atoms with Crippen molar-refractivity contribution in [2.24, 2.45) is 0 Å². The first-order valence-corrected chi connectivity index (χ1v) is 6.50. The standard InChI is InChI=1S/C14H17N5/c1-9-7-16-5-4-11(9)8-17-13-6-12(15)18-14(19-13)10-2-3-10/h4-7,10H,2-3,8H2,1H3,(H3,15,17,18,19). The molecular formula is C14H17N5. The molecule has 5 nitrogen and oxygen atoms in total. The highest BCUT2D eigenvalue weighted by Gasteiger charge is 2.27. The number of aryl methyl sites for hydroxylation is 1.